The van der Waals surface area contributed by atoms with Crippen molar-refractivity contribution >= 4 is 40.9 Å². The van der Waals surface area contributed by atoms with E-state index in [1.54, 1.807) is 29.2 Å². The molecule has 3 rings (SSSR count). The third-order valence-electron chi connectivity index (χ3n) is 3.65. The number of hydrogen-bond donors (Lipinski definition) is 1. The first kappa shape index (κ1) is 16.8. The van der Waals surface area contributed by atoms with E-state index < -0.39 is 11.9 Å². The first-order valence-electron chi connectivity index (χ1n) is 7.26. The molecule has 1 saturated heterocycles. The summed E-state index contributed by atoms with van der Waals surface area (Å²) in [5.74, 6) is -0.0770. The molecule has 2 aromatic rings. The Kier molecular flexibility index (Phi) is 5.06. The van der Waals surface area contributed by atoms with Crippen molar-refractivity contribution in [1.29, 1.82) is 0 Å². The number of hydrogen-bond acceptors (Lipinski definition) is 3. The molecule has 1 heterocycles. The monoisotopic (exact) mass is 364 g/mol. The van der Waals surface area contributed by atoms with E-state index in [1.165, 1.54) is 30.0 Å². The number of nitrogens with zero attached hydrogens (tertiary/aromatic N) is 1. The van der Waals surface area contributed by atoms with Gasteiger partial charge in [0.25, 0.3) is 5.91 Å². The molecular weight excluding hydrogens is 351 g/mol. The van der Waals surface area contributed by atoms with Crippen molar-refractivity contribution in [2.75, 3.05) is 16.9 Å². The standard InChI is InChI=1S/C17H14ClFN2O2S/c18-13-8-12(6-7-14(13)19)20-16(22)15-9-24-10-21(15)17(23)11-4-2-1-3-5-11/h1-8,15H,9-10H2,(H,20,22)/t15-/m0/s1. The number of rotatable bonds is 3. The van der Waals surface area contributed by atoms with Gasteiger partial charge in [-0.05, 0) is 30.3 Å². The van der Waals surface area contributed by atoms with Crippen LogP contribution >= 0.6 is 23.4 Å². The highest BCUT2D eigenvalue weighted by Crippen LogP contribution is 2.25. The van der Waals surface area contributed by atoms with E-state index in [0.717, 1.165) is 0 Å². The summed E-state index contributed by atoms with van der Waals surface area (Å²) in [5.41, 5.74) is 0.943. The van der Waals surface area contributed by atoms with Crippen molar-refractivity contribution in [3.8, 4) is 0 Å². The minimum atomic E-state index is -0.577. The van der Waals surface area contributed by atoms with Gasteiger partial charge in [-0.15, -0.1) is 11.8 Å². The summed E-state index contributed by atoms with van der Waals surface area (Å²) in [7, 11) is 0. The van der Waals surface area contributed by atoms with E-state index in [1.807, 2.05) is 6.07 Å². The van der Waals surface area contributed by atoms with Crippen LogP contribution < -0.4 is 5.32 Å². The Labute approximate surface area is 148 Å². The van der Waals surface area contributed by atoms with Gasteiger partial charge in [0, 0.05) is 17.0 Å². The van der Waals surface area contributed by atoms with Crippen LogP contribution in [0.15, 0.2) is 48.5 Å². The molecule has 0 spiro atoms. The molecule has 2 amide bonds. The van der Waals surface area contributed by atoms with Crippen molar-refractivity contribution in [1.82, 2.24) is 4.90 Å². The molecule has 0 aromatic heterocycles. The second kappa shape index (κ2) is 7.23. The van der Waals surface area contributed by atoms with E-state index in [2.05, 4.69) is 5.32 Å². The number of nitrogens with one attached hydrogen (secondary N) is 1. The van der Waals surface area contributed by atoms with Crippen LogP contribution in [0.25, 0.3) is 0 Å². The fourth-order valence-electron chi connectivity index (χ4n) is 2.41. The number of benzene rings is 2. The molecule has 7 heteroatoms. The number of halogens is 2. The zero-order valence-electron chi connectivity index (χ0n) is 12.5. The van der Waals surface area contributed by atoms with Crippen LogP contribution in [0.4, 0.5) is 10.1 Å². The Balaban J connectivity index is 1.74. The van der Waals surface area contributed by atoms with Gasteiger partial charge in [0.1, 0.15) is 11.9 Å². The molecule has 0 radical (unpaired) electrons. The summed E-state index contributed by atoms with van der Waals surface area (Å²) in [4.78, 5) is 26.6. The lowest BCUT2D eigenvalue weighted by Crippen LogP contribution is -2.44. The Morgan fingerprint density at radius 1 is 1.21 bits per heavy atom. The quantitative estimate of drug-likeness (QED) is 0.904. The average Bonchev–Trinajstić information content (AvgIpc) is 3.08. The van der Waals surface area contributed by atoms with Crippen LogP contribution in [-0.4, -0.2) is 34.4 Å². The van der Waals surface area contributed by atoms with Crippen molar-refractivity contribution in [2.45, 2.75) is 6.04 Å². The zero-order chi connectivity index (χ0) is 17.1. The van der Waals surface area contributed by atoms with Crippen LogP contribution in [0, 0.1) is 5.82 Å². The summed E-state index contributed by atoms with van der Waals surface area (Å²) < 4.78 is 13.2. The fourth-order valence-corrected chi connectivity index (χ4v) is 3.74. The van der Waals surface area contributed by atoms with E-state index in [4.69, 9.17) is 11.6 Å². The van der Waals surface area contributed by atoms with Crippen molar-refractivity contribution in [3.05, 3.63) is 64.9 Å². The number of carbonyl (C=O) groups is 2. The van der Waals surface area contributed by atoms with Crippen molar-refractivity contribution in [2.24, 2.45) is 0 Å². The van der Waals surface area contributed by atoms with Crippen LogP contribution in [0.1, 0.15) is 10.4 Å². The second-order valence-corrected chi connectivity index (χ2v) is 6.68. The first-order chi connectivity index (χ1) is 11.6. The largest absolute Gasteiger partial charge is 0.324 e. The second-order valence-electron chi connectivity index (χ2n) is 5.27. The van der Waals surface area contributed by atoms with Crippen LogP contribution in [0.2, 0.25) is 5.02 Å². The third-order valence-corrected chi connectivity index (χ3v) is 4.96. The lowest BCUT2D eigenvalue weighted by Gasteiger charge is -2.23. The van der Waals surface area contributed by atoms with Gasteiger partial charge >= 0.3 is 0 Å². The minimum absolute atomic E-state index is 0.0641. The van der Waals surface area contributed by atoms with Crippen LogP contribution in [-0.2, 0) is 4.79 Å². The molecule has 24 heavy (non-hydrogen) atoms. The Hall–Kier alpha value is -2.05. The van der Waals surface area contributed by atoms with Crippen molar-refractivity contribution < 1.29 is 14.0 Å². The first-order valence-corrected chi connectivity index (χ1v) is 8.79. The smallest absolute Gasteiger partial charge is 0.255 e. The molecule has 0 unspecified atom stereocenters. The van der Waals surface area contributed by atoms with E-state index in [-0.39, 0.29) is 16.8 Å². The van der Waals surface area contributed by atoms with Gasteiger partial charge in [-0.1, -0.05) is 29.8 Å². The highest BCUT2D eigenvalue weighted by Gasteiger charge is 2.35. The van der Waals surface area contributed by atoms with Crippen LogP contribution in [0.3, 0.4) is 0 Å². The minimum Gasteiger partial charge on any atom is -0.324 e. The molecule has 1 aliphatic heterocycles. The van der Waals surface area contributed by atoms with Crippen LogP contribution in [0.5, 0.6) is 0 Å². The van der Waals surface area contributed by atoms with Gasteiger partial charge < -0.3 is 10.2 Å². The van der Waals surface area contributed by atoms with E-state index in [0.29, 0.717) is 22.9 Å². The molecule has 4 nitrogen and oxygen atoms in total. The molecule has 0 bridgehead atoms. The van der Waals surface area contributed by atoms with Gasteiger partial charge in [0.05, 0.1) is 10.9 Å². The highest BCUT2D eigenvalue weighted by molar-refractivity contribution is 7.99. The zero-order valence-corrected chi connectivity index (χ0v) is 14.1. The van der Waals surface area contributed by atoms with E-state index >= 15 is 0 Å². The van der Waals surface area contributed by atoms with Gasteiger partial charge in [-0.25, -0.2) is 4.39 Å². The van der Waals surface area contributed by atoms with Gasteiger partial charge in [0.2, 0.25) is 5.91 Å². The topological polar surface area (TPSA) is 49.4 Å². The third kappa shape index (κ3) is 3.55. The molecule has 1 N–H and O–H groups in total. The predicted octanol–water partition coefficient (Wildman–Crippen LogP) is 3.63. The Morgan fingerprint density at radius 3 is 2.67 bits per heavy atom. The molecule has 1 fully saturated rings. The number of thioether (sulfide) groups is 1. The Morgan fingerprint density at radius 2 is 1.96 bits per heavy atom. The molecule has 124 valence electrons. The fraction of sp³-hybridized carbons (Fsp3) is 0.176. The summed E-state index contributed by atoms with van der Waals surface area (Å²) >= 11 is 7.24. The summed E-state index contributed by atoms with van der Waals surface area (Å²) in [6, 6.07) is 12.2. The van der Waals surface area contributed by atoms with Gasteiger partial charge in [-0.2, -0.15) is 0 Å². The van der Waals surface area contributed by atoms with Crippen molar-refractivity contribution in [3.63, 3.8) is 0 Å². The maximum atomic E-state index is 13.2. The maximum Gasteiger partial charge on any atom is 0.255 e. The SMILES string of the molecule is O=C(Nc1ccc(F)c(Cl)c1)[C@@H]1CSCN1C(=O)c1ccccc1. The molecule has 1 atom stereocenters. The number of anilines is 1. The predicted molar refractivity (Wildman–Crippen MR) is 93.8 cm³/mol. The lowest BCUT2D eigenvalue weighted by atomic mass is 10.1. The molecule has 0 aliphatic carbocycles. The normalized spacial score (nSPS) is 16.9. The summed E-state index contributed by atoms with van der Waals surface area (Å²) in [6.45, 7) is 0. The van der Waals surface area contributed by atoms with Gasteiger partial charge in [-0.3, -0.25) is 9.59 Å². The number of carbonyl (C=O) groups excluding carboxylic acids is 2. The molecule has 0 saturated carbocycles. The Bertz CT molecular complexity index is 772. The molecule has 2 aromatic carbocycles. The summed E-state index contributed by atoms with van der Waals surface area (Å²) in [6.07, 6.45) is 0. The lowest BCUT2D eigenvalue weighted by molar-refractivity contribution is -0.119. The number of amides is 2. The van der Waals surface area contributed by atoms with E-state index in [9.17, 15) is 14.0 Å². The maximum absolute atomic E-state index is 13.2. The molecule has 1 aliphatic rings. The van der Waals surface area contributed by atoms with Gasteiger partial charge in [0.15, 0.2) is 0 Å². The highest BCUT2D eigenvalue weighted by atomic mass is 35.5. The summed E-state index contributed by atoms with van der Waals surface area (Å²) in [5, 5.41) is 2.63. The molecular formula is C17H14ClFN2O2S. The average molecular weight is 365 g/mol.